The number of ether oxygens (including phenoxy) is 1. The van der Waals surface area contributed by atoms with Gasteiger partial charge in [-0.15, -0.1) is 0 Å². The number of nitrogens with one attached hydrogen (secondary N) is 2. The third kappa shape index (κ3) is 4.63. The molecule has 0 radical (unpaired) electrons. The number of benzene rings is 3. The minimum atomic E-state index is -0.614. The summed E-state index contributed by atoms with van der Waals surface area (Å²) in [5.74, 6) is 0.0259. The van der Waals surface area contributed by atoms with E-state index in [0.29, 0.717) is 39.6 Å². The van der Waals surface area contributed by atoms with Crippen molar-refractivity contribution in [2.24, 2.45) is 5.92 Å². The maximum atomic E-state index is 14.5. The number of methoxy groups -OCH3 is 1. The highest BCUT2D eigenvalue weighted by molar-refractivity contribution is 5.96. The van der Waals surface area contributed by atoms with Gasteiger partial charge in [0, 0.05) is 17.5 Å². The van der Waals surface area contributed by atoms with Crippen molar-refractivity contribution in [1.82, 2.24) is 15.3 Å². The fraction of sp³-hybridized carbons (Fsp3) is 0.222. The van der Waals surface area contributed by atoms with Crippen LogP contribution >= 0.6 is 0 Å². The van der Waals surface area contributed by atoms with Gasteiger partial charge in [0.15, 0.2) is 11.6 Å². The van der Waals surface area contributed by atoms with Crippen LogP contribution in [0.4, 0.5) is 14.7 Å². The standard InChI is InChI=1S/C27H23F2N5O/c1-35-25-7-5-18(11-23(25)29)17-4-6-24-21(10-17)26(19-2-3-20(13-30)22(28)12-19)34-27(33-24)32-15-16-8-9-31-14-16/h2-7,10-12,16,31H,8-9,14-15H2,1H3,(H,32,33,34)/t16-/m1/s1. The van der Waals surface area contributed by atoms with E-state index in [4.69, 9.17) is 15.0 Å². The van der Waals surface area contributed by atoms with Gasteiger partial charge in [-0.3, -0.25) is 0 Å². The molecule has 35 heavy (non-hydrogen) atoms. The molecule has 0 amide bonds. The van der Waals surface area contributed by atoms with Crippen LogP contribution < -0.4 is 15.4 Å². The van der Waals surface area contributed by atoms with Gasteiger partial charge in [0.2, 0.25) is 5.95 Å². The van der Waals surface area contributed by atoms with Crippen molar-refractivity contribution in [3.05, 3.63) is 71.8 Å². The van der Waals surface area contributed by atoms with Gasteiger partial charge in [-0.1, -0.05) is 18.2 Å². The first-order valence-corrected chi connectivity index (χ1v) is 11.4. The van der Waals surface area contributed by atoms with Crippen molar-refractivity contribution in [2.75, 3.05) is 32.1 Å². The maximum Gasteiger partial charge on any atom is 0.223 e. The first kappa shape index (κ1) is 22.7. The third-order valence-electron chi connectivity index (χ3n) is 6.26. The van der Waals surface area contributed by atoms with Gasteiger partial charge in [-0.25, -0.2) is 18.7 Å². The van der Waals surface area contributed by atoms with Gasteiger partial charge in [0.05, 0.1) is 23.9 Å². The van der Waals surface area contributed by atoms with Gasteiger partial charge in [0.1, 0.15) is 11.9 Å². The summed E-state index contributed by atoms with van der Waals surface area (Å²) in [6.45, 7) is 2.66. The minimum Gasteiger partial charge on any atom is -0.494 e. The molecule has 2 N–H and O–H groups in total. The Morgan fingerprint density at radius 1 is 1.03 bits per heavy atom. The average Bonchev–Trinajstić information content (AvgIpc) is 3.40. The number of rotatable bonds is 6. The molecule has 0 saturated carbocycles. The zero-order valence-corrected chi connectivity index (χ0v) is 19.1. The lowest BCUT2D eigenvalue weighted by Gasteiger charge is -2.14. The van der Waals surface area contributed by atoms with Gasteiger partial charge >= 0.3 is 0 Å². The quantitative estimate of drug-likeness (QED) is 0.405. The molecule has 0 aliphatic carbocycles. The summed E-state index contributed by atoms with van der Waals surface area (Å²) in [6.07, 6.45) is 1.08. The minimum absolute atomic E-state index is 0.0337. The number of halogens is 2. The highest BCUT2D eigenvalue weighted by Gasteiger charge is 2.17. The lowest BCUT2D eigenvalue weighted by Crippen LogP contribution is -2.18. The van der Waals surface area contributed by atoms with Crippen LogP contribution in [-0.4, -0.2) is 36.7 Å². The van der Waals surface area contributed by atoms with Crippen LogP contribution in [0, 0.1) is 28.9 Å². The predicted octanol–water partition coefficient (Wildman–Crippen LogP) is 5.14. The number of fused-ring (bicyclic) bond motifs is 1. The van der Waals surface area contributed by atoms with Crippen molar-refractivity contribution >= 4 is 16.9 Å². The Kier molecular flexibility index (Phi) is 6.25. The SMILES string of the molecule is COc1ccc(-c2ccc3nc(NC[C@@H]4CCNC4)nc(-c4ccc(C#N)c(F)c4)c3c2)cc1F. The molecule has 8 heteroatoms. The molecule has 0 unspecified atom stereocenters. The second-order valence-electron chi connectivity index (χ2n) is 8.52. The molecule has 176 valence electrons. The largest absolute Gasteiger partial charge is 0.494 e. The summed E-state index contributed by atoms with van der Waals surface area (Å²) in [5, 5.41) is 16.5. The van der Waals surface area contributed by atoms with E-state index in [0.717, 1.165) is 31.6 Å². The Morgan fingerprint density at radius 2 is 1.80 bits per heavy atom. The molecular weight excluding hydrogens is 448 g/mol. The molecule has 2 heterocycles. The van der Waals surface area contributed by atoms with Crippen molar-refractivity contribution in [3.63, 3.8) is 0 Å². The zero-order chi connectivity index (χ0) is 24.4. The Labute approximate surface area is 201 Å². The first-order valence-electron chi connectivity index (χ1n) is 11.4. The molecule has 4 aromatic rings. The van der Waals surface area contributed by atoms with Gasteiger partial charge in [0.25, 0.3) is 0 Å². The number of nitriles is 1. The van der Waals surface area contributed by atoms with Crippen LogP contribution in [0.2, 0.25) is 0 Å². The topological polar surface area (TPSA) is 82.9 Å². The fourth-order valence-corrected chi connectivity index (χ4v) is 4.33. The lowest BCUT2D eigenvalue weighted by molar-refractivity contribution is 0.386. The van der Waals surface area contributed by atoms with E-state index in [-0.39, 0.29) is 11.3 Å². The molecule has 1 aliphatic heterocycles. The molecule has 0 bridgehead atoms. The molecular formula is C27H23F2N5O. The summed E-state index contributed by atoms with van der Waals surface area (Å²) >= 11 is 0. The summed E-state index contributed by atoms with van der Waals surface area (Å²) in [4.78, 5) is 9.40. The lowest BCUT2D eigenvalue weighted by atomic mass is 9.99. The molecule has 5 rings (SSSR count). The normalized spacial score (nSPS) is 15.2. The van der Waals surface area contributed by atoms with E-state index >= 15 is 0 Å². The predicted molar refractivity (Wildman–Crippen MR) is 131 cm³/mol. The third-order valence-corrected chi connectivity index (χ3v) is 6.26. The second-order valence-corrected chi connectivity index (χ2v) is 8.52. The molecule has 1 aliphatic rings. The molecule has 0 spiro atoms. The molecule has 1 atom stereocenters. The van der Waals surface area contributed by atoms with E-state index in [9.17, 15) is 8.78 Å². The Hall–Kier alpha value is -4.09. The summed E-state index contributed by atoms with van der Waals surface area (Å²) in [5.41, 5.74) is 3.12. The zero-order valence-electron chi connectivity index (χ0n) is 19.1. The van der Waals surface area contributed by atoms with Crippen LogP contribution in [0.15, 0.2) is 54.6 Å². The van der Waals surface area contributed by atoms with E-state index in [1.54, 1.807) is 18.2 Å². The van der Waals surface area contributed by atoms with Gasteiger partial charge in [-0.2, -0.15) is 5.26 Å². The van der Waals surface area contributed by atoms with Crippen molar-refractivity contribution in [3.8, 4) is 34.2 Å². The maximum absolute atomic E-state index is 14.5. The molecule has 1 fully saturated rings. The molecule has 1 aromatic heterocycles. The first-order chi connectivity index (χ1) is 17.1. The number of hydrogen-bond acceptors (Lipinski definition) is 6. The monoisotopic (exact) mass is 471 g/mol. The van der Waals surface area contributed by atoms with Crippen LogP contribution in [-0.2, 0) is 0 Å². The van der Waals surface area contributed by atoms with Gasteiger partial charge < -0.3 is 15.4 Å². The average molecular weight is 472 g/mol. The number of nitrogens with zero attached hydrogens (tertiary/aromatic N) is 3. The van der Waals surface area contributed by atoms with Crippen molar-refractivity contribution in [1.29, 1.82) is 5.26 Å². The number of hydrogen-bond donors (Lipinski definition) is 2. The van der Waals surface area contributed by atoms with E-state index < -0.39 is 11.6 Å². The Bertz CT molecular complexity index is 1440. The fourth-order valence-electron chi connectivity index (χ4n) is 4.33. The summed E-state index contributed by atoms with van der Waals surface area (Å²) in [7, 11) is 1.42. The Balaban J connectivity index is 1.61. The number of anilines is 1. The van der Waals surface area contributed by atoms with Crippen LogP contribution in [0.3, 0.4) is 0 Å². The molecule has 6 nitrogen and oxygen atoms in total. The van der Waals surface area contributed by atoms with E-state index in [1.807, 2.05) is 24.3 Å². The second kappa shape index (κ2) is 9.65. The van der Waals surface area contributed by atoms with Gasteiger partial charge in [-0.05, 0) is 73.0 Å². The molecule has 3 aromatic carbocycles. The highest BCUT2D eigenvalue weighted by Crippen LogP contribution is 2.33. The van der Waals surface area contributed by atoms with Crippen LogP contribution in [0.1, 0.15) is 12.0 Å². The van der Waals surface area contributed by atoms with Crippen molar-refractivity contribution in [2.45, 2.75) is 6.42 Å². The van der Waals surface area contributed by atoms with E-state index in [1.165, 1.54) is 25.3 Å². The van der Waals surface area contributed by atoms with Crippen molar-refractivity contribution < 1.29 is 13.5 Å². The molecule has 1 saturated heterocycles. The van der Waals surface area contributed by atoms with Crippen LogP contribution in [0.5, 0.6) is 5.75 Å². The smallest absolute Gasteiger partial charge is 0.223 e. The van der Waals surface area contributed by atoms with E-state index in [2.05, 4.69) is 15.6 Å². The highest BCUT2D eigenvalue weighted by atomic mass is 19.1. The Morgan fingerprint density at radius 3 is 2.51 bits per heavy atom. The number of aromatic nitrogens is 2. The summed E-state index contributed by atoms with van der Waals surface area (Å²) in [6, 6.07) is 16.6. The summed E-state index contributed by atoms with van der Waals surface area (Å²) < 4.78 is 33.9. The van der Waals surface area contributed by atoms with Crippen LogP contribution in [0.25, 0.3) is 33.3 Å².